The number of benzene rings is 3. The van der Waals surface area contributed by atoms with Gasteiger partial charge in [0, 0.05) is 6.20 Å². The second kappa shape index (κ2) is 7.97. The first-order valence-corrected chi connectivity index (χ1v) is 10.4. The number of aliphatic imine (C=N–C) groups is 1. The molecule has 0 saturated carbocycles. The van der Waals surface area contributed by atoms with Crippen LogP contribution < -0.4 is 4.90 Å². The zero-order chi connectivity index (χ0) is 20.3. The van der Waals surface area contributed by atoms with E-state index in [1.165, 1.54) is 11.8 Å². The molecule has 4 nitrogen and oxygen atoms in total. The molecule has 0 radical (unpaired) electrons. The van der Waals surface area contributed by atoms with Gasteiger partial charge < -0.3 is 0 Å². The molecule has 5 rings (SSSR count). The Morgan fingerprint density at radius 2 is 1.60 bits per heavy atom. The first-order chi connectivity index (χ1) is 14.8. The zero-order valence-corrected chi connectivity index (χ0v) is 16.8. The summed E-state index contributed by atoms with van der Waals surface area (Å²) in [7, 11) is 0. The number of carbonyl (C=O) groups is 1. The standard InChI is InChI=1S/C25H17N3OS/c29-24-22(17-19-11-8-10-18-9-4-5-14-21(18)19)30-25(27-23-15-6-7-16-26-23)28(24)20-12-2-1-3-13-20/h1-17H/b22-17-,27-25+. The monoisotopic (exact) mass is 407 g/mol. The van der Waals surface area contributed by atoms with Crippen LogP contribution in [0, 0.1) is 0 Å². The predicted octanol–water partition coefficient (Wildman–Crippen LogP) is 6.04. The van der Waals surface area contributed by atoms with E-state index in [4.69, 9.17) is 0 Å². The van der Waals surface area contributed by atoms with Crippen molar-refractivity contribution in [3.05, 3.63) is 108 Å². The maximum atomic E-state index is 13.4. The van der Waals surface area contributed by atoms with Gasteiger partial charge >= 0.3 is 0 Å². The summed E-state index contributed by atoms with van der Waals surface area (Å²) >= 11 is 1.37. The van der Waals surface area contributed by atoms with Gasteiger partial charge in [-0.15, -0.1) is 0 Å². The molecule has 1 aliphatic heterocycles. The molecule has 3 aromatic carbocycles. The molecule has 0 bridgehead atoms. The third kappa shape index (κ3) is 3.51. The fourth-order valence-electron chi connectivity index (χ4n) is 3.39. The number of amidine groups is 1. The number of rotatable bonds is 3. The molecule has 30 heavy (non-hydrogen) atoms. The number of anilines is 1. The first-order valence-electron chi connectivity index (χ1n) is 9.56. The third-order valence-electron chi connectivity index (χ3n) is 4.79. The molecular weight excluding hydrogens is 390 g/mol. The minimum atomic E-state index is -0.0891. The normalized spacial score (nSPS) is 16.7. The van der Waals surface area contributed by atoms with E-state index in [2.05, 4.69) is 28.2 Å². The summed E-state index contributed by atoms with van der Waals surface area (Å²) in [4.78, 5) is 24.6. The number of pyridine rings is 1. The molecule has 0 unspecified atom stereocenters. The highest BCUT2D eigenvalue weighted by Gasteiger charge is 2.34. The van der Waals surface area contributed by atoms with Crippen LogP contribution in [-0.2, 0) is 4.79 Å². The van der Waals surface area contributed by atoms with E-state index in [-0.39, 0.29) is 5.91 Å². The molecule has 1 aliphatic rings. The Kier molecular flexibility index (Phi) is 4.87. The Labute approximate surface area is 178 Å². The molecule has 1 fully saturated rings. The van der Waals surface area contributed by atoms with Gasteiger partial charge in [0.05, 0.1) is 10.6 Å². The molecule has 2 heterocycles. The van der Waals surface area contributed by atoms with E-state index in [0.717, 1.165) is 22.0 Å². The molecular formula is C25H17N3OS. The summed E-state index contributed by atoms with van der Waals surface area (Å²) in [5.74, 6) is 0.481. The van der Waals surface area contributed by atoms with Crippen LogP contribution in [0.25, 0.3) is 16.8 Å². The molecule has 0 spiro atoms. The fraction of sp³-hybridized carbons (Fsp3) is 0. The maximum Gasteiger partial charge on any atom is 0.271 e. The Bertz CT molecular complexity index is 1280. The number of nitrogens with zero attached hydrogens (tertiary/aromatic N) is 3. The van der Waals surface area contributed by atoms with Crippen molar-refractivity contribution in [2.45, 2.75) is 0 Å². The minimum Gasteiger partial charge on any atom is -0.268 e. The Balaban J connectivity index is 1.61. The van der Waals surface area contributed by atoms with E-state index >= 15 is 0 Å². The molecule has 1 amide bonds. The smallest absolute Gasteiger partial charge is 0.268 e. The van der Waals surface area contributed by atoms with Gasteiger partial charge in [-0.1, -0.05) is 66.7 Å². The SMILES string of the molecule is O=C1/C(=C/c2cccc3ccccc23)S/C(=N/c2ccccn2)N1c1ccccc1. The highest BCUT2D eigenvalue weighted by atomic mass is 32.2. The van der Waals surface area contributed by atoms with Gasteiger partial charge in [0.15, 0.2) is 11.0 Å². The average molecular weight is 407 g/mol. The van der Waals surface area contributed by atoms with Crippen molar-refractivity contribution in [2.24, 2.45) is 4.99 Å². The lowest BCUT2D eigenvalue weighted by molar-refractivity contribution is -0.113. The van der Waals surface area contributed by atoms with Gasteiger partial charge in [-0.05, 0) is 58.4 Å². The highest BCUT2D eigenvalue weighted by molar-refractivity contribution is 8.19. The van der Waals surface area contributed by atoms with E-state index in [1.54, 1.807) is 11.1 Å². The largest absolute Gasteiger partial charge is 0.271 e. The van der Waals surface area contributed by atoms with Crippen LogP contribution >= 0.6 is 11.8 Å². The van der Waals surface area contributed by atoms with Crippen molar-refractivity contribution < 1.29 is 4.79 Å². The average Bonchev–Trinajstić information content (AvgIpc) is 3.10. The second-order valence-corrected chi connectivity index (χ2v) is 7.75. The maximum absolute atomic E-state index is 13.4. The number of carbonyl (C=O) groups excluding carboxylic acids is 1. The topological polar surface area (TPSA) is 45.6 Å². The van der Waals surface area contributed by atoms with Crippen LogP contribution in [0.4, 0.5) is 11.5 Å². The van der Waals surface area contributed by atoms with Gasteiger partial charge in [-0.25, -0.2) is 9.98 Å². The number of para-hydroxylation sites is 1. The van der Waals surface area contributed by atoms with Crippen LogP contribution in [0.1, 0.15) is 5.56 Å². The van der Waals surface area contributed by atoms with Crippen LogP contribution in [-0.4, -0.2) is 16.1 Å². The van der Waals surface area contributed by atoms with Crippen molar-refractivity contribution in [3.8, 4) is 0 Å². The lowest BCUT2D eigenvalue weighted by atomic mass is 10.0. The van der Waals surface area contributed by atoms with Crippen molar-refractivity contribution in [3.63, 3.8) is 0 Å². The molecule has 1 aromatic heterocycles. The number of amides is 1. The van der Waals surface area contributed by atoms with Gasteiger partial charge in [0.25, 0.3) is 5.91 Å². The zero-order valence-electron chi connectivity index (χ0n) is 16.0. The number of hydrogen-bond acceptors (Lipinski definition) is 4. The molecule has 0 N–H and O–H groups in total. The number of fused-ring (bicyclic) bond motifs is 1. The number of thioether (sulfide) groups is 1. The van der Waals surface area contributed by atoms with Gasteiger partial charge in [-0.3, -0.25) is 9.69 Å². The van der Waals surface area contributed by atoms with Crippen LogP contribution in [0.5, 0.6) is 0 Å². The quantitative estimate of drug-likeness (QED) is 0.389. The lowest BCUT2D eigenvalue weighted by Crippen LogP contribution is -2.28. The summed E-state index contributed by atoms with van der Waals surface area (Å²) < 4.78 is 0. The van der Waals surface area contributed by atoms with Crippen molar-refractivity contribution in [1.82, 2.24) is 4.98 Å². The molecule has 144 valence electrons. The van der Waals surface area contributed by atoms with Gasteiger partial charge in [-0.2, -0.15) is 0 Å². The summed E-state index contributed by atoms with van der Waals surface area (Å²) in [6, 6.07) is 29.4. The van der Waals surface area contributed by atoms with Crippen molar-refractivity contribution in [2.75, 3.05) is 4.90 Å². The Morgan fingerprint density at radius 3 is 2.43 bits per heavy atom. The van der Waals surface area contributed by atoms with Crippen molar-refractivity contribution in [1.29, 1.82) is 0 Å². The number of aromatic nitrogens is 1. The molecule has 0 atom stereocenters. The second-order valence-electron chi connectivity index (χ2n) is 6.74. The van der Waals surface area contributed by atoms with Gasteiger partial charge in [0.2, 0.25) is 0 Å². The highest BCUT2D eigenvalue weighted by Crippen LogP contribution is 2.37. The van der Waals surface area contributed by atoms with Crippen LogP contribution in [0.3, 0.4) is 0 Å². The summed E-state index contributed by atoms with van der Waals surface area (Å²) in [5, 5.41) is 2.85. The molecule has 1 saturated heterocycles. The number of hydrogen-bond donors (Lipinski definition) is 0. The minimum absolute atomic E-state index is 0.0891. The van der Waals surface area contributed by atoms with E-state index in [9.17, 15) is 4.79 Å². The molecule has 4 aromatic rings. The van der Waals surface area contributed by atoms with E-state index in [0.29, 0.717) is 15.9 Å². The fourth-order valence-corrected chi connectivity index (χ4v) is 4.37. The lowest BCUT2D eigenvalue weighted by Gasteiger charge is -2.15. The van der Waals surface area contributed by atoms with Crippen LogP contribution in [0.15, 0.2) is 107 Å². The van der Waals surface area contributed by atoms with Gasteiger partial charge in [0.1, 0.15) is 0 Å². The first kappa shape index (κ1) is 18.3. The predicted molar refractivity (Wildman–Crippen MR) is 125 cm³/mol. The van der Waals surface area contributed by atoms with Crippen molar-refractivity contribution >= 4 is 51.2 Å². The summed E-state index contributed by atoms with van der Waals surface area (Å²) in [6.07, 6.45) is 3.65. The molecule has 5 heteroatoms. The third-order valence-corrected chi connectivity index (χ3v) is 5.76. The Morgan fingerprint density at radius 1 is 0.833 bits per heavy atom. The van der Waals surface area contributed by atoms with E-state index < -0.39 is 0 Å². The van der Waals surface area contributed by atoms with Crippen LogP contribution in [0.2, 0.25) is 0 Å². The Hall–Kier alpha value is -3.70. The summed E-state index contributed by atoms with van der Waals surface area (Å²) in [6.45, 7) is 0. The summed E-state index contributed by atoms with van der Waals surface area (Å²) in [5.41, 5.74) is 1.79. The molecule has 0 aliphatic carbocycles. The van der Waals surface area contributed by atoms with E-state index in [1.807, 2.05) is 78.9 Å².